The second-order valence-corrected chi connectivity index (χ2v) is 4.75. The topological polar surface area (TPSA) is 49.3 Å². The summed E-state index contributed by atoms with van der Waals surface area (Å²) in [6.45, 7) is 1.32. The molecule has 0 spiro atoms. The van der Waals surface area contributed by atoms with E-state index in [4.69, 9.17) is 11.6 Å². The van der Waals surface area contributed by atoms with E-state index < -0.39 is 11.4 Å². The Hall–Kier alpha value is -1.06. The van der Waals surface area contributed by atoms with E-state index in [0.717, 1.165) is 12.1 Å². The molecule has 1 unspecified atom stereocenters. The molecule has 1 heterocycles. The monoisotopic (exact) mass is 239 g/mol. The van der Waals surface area contributed by atoms with Crippen molar-refractivity contribution in [1.29, 1.82) is 0 Å². The second kappa shape index (κ2) is 4.44. The molecule has 0 aromatic heterocycles. The minimum absolute atomic E-state index is 0.547. The Balaban J connectivity index is 2.18. The molecule has 1 aliphatic rings. The average molecular weight is 240 g/mol. The number of hydrogen-bond donors (Lipinski definition) is 2. The molecular weight excluding hydrogens is 226 g/mol. The van der Waals surface area contributed by atoms with E-state index in [2.05, 4.69) is 5.32 Å². The minimum Gasteiger partial charge on any atom is -0.481 e. The third-order valence-corrected chi connectivity index (χ3v) is 3.41. The van der Waals surface area contributed by atoms with Gasteiger partial charge < -0.3 is 10.4 Å². The lowest BCUT2D eigenvalue weighted by Gasteiger charge is -2.22. The molecule has 1 atom stereocenters. The molecule has 0 radical (unpaired) electrons. The molecule has 1 saturated heterocycles. The van der Waals surface area contributed by atoms with Gasteiger partial charge >= 0.3 is 5.97 Å². The van der Waals surface area contributed by atoms with E-state index in [0.29, 0.717) is 24.4 Å². The predicted octanol–water partition coefficient (Wildman–Crippen LogP) is 1.95. The summed E-state index contributed by atoms with van der Waals surface area (Å²) in [5.41, 5.74) is 0.379. The van der Waals surface area contributed by atoms with Gasteiger partial charge in [0.15, 0.2) is 0 Å². The summed E-state index contributed by atoms with van der Waals surface area (Å²) in [4.78, 5) is 11.3. The van der Waals surface area contributed by atoms with Gasteiger partial charge in [-0.05, 0) is 37.1 Å². The number of carbonyl (C=O) groups is 1. The largest absolute Gasteiger partial charge is 0.481 e. The van der Waals surface area contributed by atoms with Gasteiger partial charge in [-0.1, -0.05) is 23.7 Å². The zero-order valence-electron chi connectivity index (χ0n) is 8.87. The standard InChI is InChI=1S/C12H14ClNO2/c13-10-3-1-9(2-4-10)7-12(11(15)16)5-6-14-8-12/h1-4,14H,5-8H2,(H,15,16). The van der Waals surface area contributed by atoms with Crippen molar-refractivity contribution in [2.24, 2.45) is 5.41 Å². The van der Waals surface area contributed by atoms with Crippen LogP contribution in [-0.4, -0.2) is 24.2 Å². The van der Waals surface area contributed by atoms with Gasteiger partial charge in [0.25, 0.3) is 0 Å². The van der Waals surface area contributed by atoms with E-state index in [-0.39, 0.29) is 0 Å². The number of rotatable bonds is 3. The maximum absolute atomic E-state index is 11.3. The van der Waals surface area contributed by atoms with Gasteiger partial charge in [-0.15, -0.1) is 0 Å². The maximum atomic E-state index is 11.3. The van der Waals surface area contributed by atoms with Crippen LogP contribution in [0.3, 0.4) is 0 Å². The summed E-state index contributed by atoms with van der Waals surface area (Å²) in [5.74, 6) is -0.715. The molecule has 1 aromatic carbocycles. The molecule has 0 aliphatic carbocycles. The quantitative estimate of drug-likeness (QED) is 0.848. The summed E-state index contributed by atoms with van der Waals surface area (Å²) in [5, 5.41) is 13.1. The molecule has 1 fully saturated rings. The van der Waals surface area contributed by atoms with Crippen molar-refractivity contribution >= 4 is 17.6 Å². The first-order valence-corrected chi connectivity index (χ1v) is 5.69. The van der Waals surface area contributed by atoms with Crippen molar-refractivity contribution in [3.8, 4) is 0 Å². The Bertz CT molecular complexity index is 383. The molecule has 86 valence electrons. The van der Waals surface area contributed by atoms with Crippen LogP contribution in [0, 0.1) is 5.41 Å². The first-order valence-electron chi connectivity index (χ1n) is 5.31. The Labute approximate surface area is 99.4 Å². The zero-order chi connectivity index (χ0) is 11.6. The van der Waals surface area contributed by atoms with Crippen LogP contribution in [-0.2, 0) is 11.2 Å². The smallest absolute Gasteiger partial charge is 0.311 e. The molecule has 4 heteroatoms. The van der Waals surface area contributed by atoms with Crippen LogP contribution in [0.1, 0.15) is 12.0 Å². The number of nitrogens with one attached hydrogen (secondary N) is 1. The average Bonchev–Trinajstić information content (AvgIpc) is 2.71. The lowest BCUT2D eigenvalue weighted by Crippen LogP contribution is -2.35. The van der Waals surface area contributed by atoms with E-state index in [9.17, 15) is 9.90 Å². The Kier molecular flexibility index (Phi) is 3.17. The highest BCUT2D eigenvalue weighted by Gasteiger charge is 2.41. The van der Waals surface area contributed by atoms with E-state index in [1.165, 1.54) is 0 Å². The van der Waals surface area contributed by atoms with E-state index in [1.807, 2.05) is 12.1 Å². The zero-order valence-corrected chi connectivity index (χ0v) is 9.63. The van der Waals surface area contributed by atoms with Crippen LogP contribution < -0.4 is 5.32 Å². The van der Waals surface area contributed by atoms with Crippen molar-refractivity contribution in [3.05, 3.63) is 34.9 Å². The number of carboxylic acid groups (broad SMARTS) is 1. The second-order valence-electron chi connectivity index (χ2n) is 4.32. The van der Waals surface area contributed by atoms with Crippen LogP contribution in [0.4, 0.5) is 0 Å². The summed E-state index contributed by atoms with van der Waals surface area (Å²) in [7, 11) is 0. The van der Waals surface area contributed by atoms with Gasteiger partial charge in [-0.25, -0.2) is 0 Å². The highest BCUT2D eigenvalue weighted by Crippen LogP contribution is 2.30. The highest BCUT2D eigenvalue weighted by atomic mass is 35.5. The van der Waals surface area contributed by atoms with Gasteiger partial charge in [0, 0.05) is 11.6 Å². The number of halogens is 1. The molecular formula is C12H14ClNO2. The van der Waals surface area contributed by atoms with Gasteiger partial charge in [0.2, 0.25) is 0 Å². The lowest BCUT2D eigenvalue weighted by atomic mass is 9.81. The predicted molar refractivity (Wildman–Crippen MR) is 62.7 cm³/mol. The van der Waals surface area contributed by atoms with Crippen LogP contribution >= 0.6 is 11.6 Å². The Morgan fingerprint density at radius 3 is 2.62 bits per heavy atom. The fourth-order valence-electron chi connectivity index (χ4n) is 2.15. The SMILES string of the molecule is O=C(O)C1(Cc2ccc(Cl)cc2)CCNC1. The van der Waals surface area contributed by atoms with Gasteiger partial charge in [0.05, 0.1) is 5.41 Å². The number of hydrogen-bond acceptors (Lipinski definition) is 2. The first kappa shape index (κ1) is 11.4. The van der Waals surface area contributed by atoms with E-state index in [1.54, 1.807) is 12.1 Å². The molecule has 0 amide bonds. The summed E-state index contributed by atoms with van der Waals surface area (Å²) < 4.78 is 0. The van der Waals surface area contributed by atoms with Gasteiger partial charge in [-0.2, -0.15) is 0 Å². The molecule has 2 rings (SSSR count). The van der Waals surface area contributed by atoms with Crippen LogP contribution in [0.25, 0.3) is 0 Å². The molecule has 0 bridgehead atoms. The molecule has 1 aliphatic heterocycles. The van der Waals surface area contributed by atoms with Crippen molar-refractivity contribution in [3.63, 3.8) is 0 Å². The normalized spacial score (nSPS) is 24.6. The van der Waals surface area contributed by atoms with Crippen molar-refractivity contribution in [2.45, 2.75) is 12.8 Å². The maximum Gasteiger partial charge on any atom is 0.311 e. The highest BCUT2D eigenvalue weighted by molar-refractivity contribution is 6.30. The van der Waals surface area contributed by atoms with Gasteiger partial charge in [0.1, 0.15) is 0 Å². The van der Waals surface area contributed by atoms with Crippen LogP contribution in [0.5, 0.6) is 0 Å². The molecule has 2 N–H and O–H groups in total. The summed E-state index contributed by atoms with van der Waals surface area (Å²) in [6, 6.07) is 7.39. The fraction of sp³-hybridized carbons (Fsp3) is 0.417. The molecule has 16 heavy (non-hydrogen) atoms. The van der Waals surface area contributed by atoms with E-state index >= 15 is 0 Å². The molecule has 1 aromatic rings. The fourth-order valence-corrected chi connectivity index (χ4v) is 2.27. The van der Waals surface area contributed by atoms with Crippen LogP contribution in [0.2, 0.25) is 5.02 Å². The molecule has 3 nitrogen and oxygen atoms in total. The number of carboxylic acids is 1. The lowest BCUT2D eigenvalue weighted by molar-refractivity contribution is -0.147. The van der Waals surface area contributed by atoms with Crippen molar-refractivity contribution < 1.29 is 9.90 Å². The van der Waals surface area contributed by atoms with Crippen molar-refractivity contribution in [2.75, 3.05) is 13.1 Å². The Morgan fingerprint density at radius 1 is 1.44 bits per heavy atom. The first-order chi connectivity index (χ1) is 7.62. The third kappa shape index (κ3) is 2.20. The van der Waals surface area contributed by atoms with Crippen LogP contribution in [0.15, 0.2) is 24.3 Å². The number of aliphatic carboxylic acids is 1. The van der Waals surface area contributed by atoms with Gasteiger partial charge in [-0.3, -0.25) is 4.79 Å². The minimum atomic E-state index is -0.715. The Morgan fingerprint density at radius 2 is 2.12 bits per heavy atom. The summed E-state index contributed by atoms with van der Waals surface area (Å²) in [6.07, 6.45) is 1.25. The van der Waals surface area contributed by atoms with Crippen molar-refractivity contribution in [1.82, 2.24) is 5.32 Å². The third-order valence-electron chi connectivity index (χ3n) is 3.15. The number of benzene rings is 1. The molecule has 0 saturated carbocycles. The summed E-state index contributed by atoms with van der Waals surface area (Å²) >= 11 is 5.80.